The molecule has 0 aromatic carbocycles. The summed E-state index contributed by atoms with van der Waals surface area (Å²) < 4.78 is 7.68. The van der Waals surface area contributed by atoms with Crippen LogP contribution in [0.2, 0.25) is 0 Å². The molecule has 1 aliphatic heterocycles. The van der Waals surface area contributed by atoms with Crippen LogP contribution in [0.1, 0.15) is 30.3 Å². The Bertz CT molecular complexity index is 378. The number of hydrogen-bond acceptors (Lipinski definition) is 2. The molecule has 0 bridgehead atoms. The summed E-state index contributed by atoms with van der Waals surface area (Å²) in [5, 5.41) is 3.63. The molecule has 96 valence electrons. The quantitative estimate of drug-likeness (QED) is 0.867. The number of nitrogens with one attached hydrogen (secondary N) is 1. The average Bonchev–Trinajstić information content (AvgIpc) is 2.91. The molecule has 2 heterocycles. The predicted octanol–water partition coefficient (Wildman–Crippen LogP) is 2.16. The van der Waals surface area contributed by atoms with E-state index < -0.39 is 0 Å². The van der Waals surface area contributed by atoms with E-state index in [2.05, 4.69) is 43.8 Å². The molecule has 2 unspecified atom stereocenters. The predicted molar refractivity (Wildman–Crippen MR) is 70.1 cm³/mol. The van der Waals surface area contributed by atoms with Gasteiger partial charge in [-0.2, -0.15) is 0 Å². The molecule has 1 aromatic rings. The zero-order valence-corrected chi connectivity index (χ0v) is 11.4. The number of aryl methyl sites for hydroxylation is 1. The van der Waals surface area contributed by atoms with Crippen molar-refractivity contribution in [3.8, 4) is 0 Å². The van der Waals surface area contributed by atoms with Crippen LogP contribution in [-0.2, 0) is 18.3 Å². The van der Waals surface area contributed by atoms with Crippen molar-refractivity contribution in [1.82, 2.24) is 9.88 Å². The summed E-state index contributed by atoms with van der Waals surface area (Å²) in [6, 6.07) is 2.82. The van der Waals surface area contributed by atoms with Crippen LogP contribution < -0.4 is 5.32 Å². The molecule has 0 amide bonds. The Morgan fingerprint density at radius 1 is 1.53 bits per heavy atom. The van der Waals surface area contributed by atoms with Crippen molar-refractivity contribution in [3.63, 3.8) is 0 Å². The standard InChI is InChI=1S/C14H24N2O/c1-10-7-14(12(3)16(10)4)8-15-11(2)13-5-6-17-9-13/h7,11,13,15H,5-6,8-9H2,1-4H3. The highest BCUT2D eigenvalue weighted by atomic mass is 16.5. The molecule has 0 aliphatic carbocycles. The van der Waals surface area contributed by atoms with Gasteiger partial charge < -0.3 is 14.6 Å². The fourth-order valence-corrected chi connectivity index (χ4v) is 2.50. The number of nitrogens with zero attached hydrogens (tertiary/aromatic N) is 1. The van der Waals surface area contributed by atoms with E-state index in [0.29, 0.717) is 12.0 Å². The Labute approximate surface area is 104 Å². The molecule has 1 fully saturated rings. The Morgan fingerprint density at radius 3 is 2.82 bits per heavy atom. The van der Waals surface area contributed by atoms with Crippen molar-refractivity contribution < 1.29 is 4.74 Å². The van der Waals surface area contributed by atoms with E-state index in [4.69, 9.17) is 4.74 Å². The van der Waals surface area contributed by atoms with Crippen molar-refractivity contribution in [2.24, 2.45) is 13.0 Å². The zero-order valence-electron chi connectivity index (χ0n) is 11.4. The molecule has 2 atom stereocenters. The maximum atomic E-state index is 5.43. The first-order valence-corrected chi connectivity index (χ1v) is 6.52. The Morgan fingerprint density at radius 2 is 2.29 bits per heavy atom. The minimum absolute atomic E-state index is 0.539. The molecular weight excluding hydrogens is 212 g/mol. The summed E-state index contributed by atoms with van der Waals surface area (Å²) in [6.45, 7) is 9.43. The lowest BCUT2D eigenvalue weighted by Gasteiger charge is -2.19. The zero-order chi connectivity index (χ0) is 12.4. The molecule has 3 nitrogen and oxygen atoms in total. The summed E-state index contributed by atoms with van der Waals surface area (Å²) in [7, 11) is 2.13. The highest BCUT2D eigenvalue weighted by Crippen LogP contribution is 2.18. The fraction of sp³-hybridized carbons (Fsp3) is 0.714. The van der Waals surface area contributed by atoms with Gasteiger partial charge in [-0.15, -0.1) is 0 Å². The third-order valence-electron chi connectivity index (χ3n) is 4.17. The van der Waals surface area contributed by atoms with E-state index in [1.165, 1.54) is 23.4 Å². The third kappa shape index (κ3) is 2.72. The van der Waals surface area contributed by atoms with Gasteiger partial charge in [-0.1, -0.05) is 0 Å². The van der Waals surface area contributed by atoms with Crippen LogP contribution in [0.25, 0.3) is 0 Å². The lowest BCUT2D eigenvalue weighted by atomic mass is 10.0. The van der Waals surface area contributed by atoms with Crippen LogP contribution in [0.4, 0.5) is 0 Å². The molecule has 3 heteroatoms. The molecule has 0 radical (unpaired) electrons. The number of rotatable bonds is 4. The highest BCUT2D eigenvalue weighted by molar-refractivity contribution is 5.26. The van der Waals surface area contributed by atoms with Gasteiger partial charge in [-0.25, -0.2) is 0 Å². The summed E-state index contributed by atoms with van der Waals surface area (Å²) in [5.41, 5.74) is 4.11. The number of hydrogen-bond donors (Lipinski definition) is 1. The van der Waals surface area contributed by atoms with E-state index in [1.807, 2.05) is 0 Å². The first-order valence-electron chi connectivity index (χ1n) is 6.52. The van der Waals surface area contributed by atoms with Gasteiger partial charge in [0, 0.05) is 37.6 Å². The Hall–Kier alpha value is -0.800. The average molecular weight is 236 g/mol. The first-order chi connectivity index (χ1) is 8.09. The summed E-state index contributed by atoms with van der Waals surface area (Å²) in [6.07, 6.45) is 1.20. The van der Waals surface area contributed by atoms with Gasteiger partial charge in [0.1, 0.15) is 0 Å². The minimum atomic E-state index is 0.539. The van der Waals surface area contributed by atoms with Crippen LogP contribution in [0.5, 0.6) is 0 Å². The second kappa shape index (κ2) is 5.23. The molecular formula is C14H24N2O. The summed E-state index contributed by atoms with van der Waals surface area (Å²) >= 11 is 0. The molecule has 0 spiro atoms. The van der Waals surface area contributed by atoms with E-state index >= 15 is 0 Å². The minimum Gasteiger partial charge on any atom is -0.381 e. The monoisotopic (exact) mass is 236 g/mol. The van der Waals surface area contributed by atoms with Crippen LogP contribution in [0.3, 0.4) is 0 Å². The van der Waals surface area contributed by atoms with Crippen molar-refractivity contribution in [2.45, 2.75) is 39.8 Å². The molecule has 17 heavy (non-hydrogen) atoms. The second-order valence-corrected chi connectivity index (χ2v) is 5.25. The van der Waals surface area contributed by atoms with E-state index in [9.17, 15) is 0 Å². The summed E-state index contributed by atoms with van der Waals surface area (Å²) in [4.78, 5) is 0. The van der Waals surface area contributed by atoms with Gasteiger partial charge in [0.15, 0.2) is 0 Å². The van der Waals surface area contributed by atoms with Gasteiger partial charge in [0.05, 0.1) is 6.61 Å². The lowest BCUT2D eigenvalue weighted by molar-refractivity contribution is 0.178. The molecule has 1 N–H and O–H groups in total. The van der Waals surface area contributed by atoms with Crippen molar-refractivity contribution >= 4 is 0 Å². The lowest BCUT2D eigenvalue weighted by Crippen LogP contribution is -2.33. The number of ether oxygens (including phenoxy) is 1. The van der Waals surface area contributed by atoms with Gasteiger partial charge in [-0.05, 0) is 44.7 Å². The molecule has 1 aliphatic rings. The van der Waals surface area contributed by atoms with Gasteiger partial charge in [0.2, 0.25) is 0 Å². The van der Waals surface area contributed by atoms with E-state index in [0.717, 1.165) is 19.8 Å². The molecule has 0 saturated carbocycles. The SMILES string of the molecule is Cc1cc(CNC(C)C2CCOC2)c(C)n1C. The molecule has 1 aromatic heterocycles. The van der Waals surface area contributed by atoms with E-state index in [-0.39, 0.29) is 0 Å². The first kappa shape index (κ1) is 12.7. The Kier molecular flexibility index (Phi) is 3.89. The van der Waals surface area contributed by atoms with Crippen LogP contribution >= 0.6 is 0 Å². The Balaban J connectivity index is 1.90. The number of aromatic nitrogens is 1. The fourth-order valence-electron chi connectivity index (χ4n) is 2.50. The molecule has 1 saturated heterocycles. The maximum absolute atomic E-state index is 5.43. The maximum Gasteiger partial charge on any atom is 0.0509 e. The van der Waals surface area contributed by atoms with Gasteiger partial charge in [0.25, 0.3) is 0 Å². The van der Waals surface area contributed by atoms with Gasteiger partial charge >= 0.3 is 0 Å². The van der Waals surface area contributed by atoms with Crippen LogP contribution in [0, 0.1) is 19.8 Å². The topological polar surface area (TPSA) is 26.2 Å². The molecule has 2 rings (SSSR count). The summed E-state index contributed by atoms with van der Waals surface area (Å²) in [5.74, 6) is 0.681. The van der Waals surface area contributed by atoms with E-state index in [1.54, 1.807) is 0 Å². The largest absolute Gasteiger partial charge is 0.381 e. The van der Waals surface area contributed by atoms with Crippen molar-refractivity contribution in [1.29, 1.82) is 0 Å². The van der Waals surface area contributed by atoms with Crippen molar-refractivity contribution in [3.05, 3.63) is 23.0 Å². The third-order valence-corrected chi connectivity index (χ3v) is 4.17. The second-order valence-electron chi connectivity index (χ2n) is 5.25. The van der Waals surface area contributed by atoms with Crippen LogP contribution in [-0.4, -0.2) is 23.8 Å². The highest BCUT2D eigenvalue weighted by Gasteiger charge is 2.21. The van der Waals surface area contributed by atoms with Crippen LogP contribution in [0.15, 0.2) is 6.07 Å². The smallest absolute Gasteiger partial charge is 0.0509 e. The van der Waals surface area contributed by atoms with Gasteiger partial charge in [-0.3, -0.25) is 0 Å². The van der Waals surface area contributed by atoms with Crippen molar-refractivity contribution in [2.75, 3.05) is 13.2 Å². The normalized spacial score (nSPS) is 22.0.